The van der Waals surface area contributed by atoms with Gasteiger partial charge in [0.15, 0.2) is 0 Å². The lowest BCUT2D eigenvalue weighted by Gasteiger charge is -2.31. The zero-order valence-corrected chi connectivity index (χ0v) is 17.6. The normalized spacial score (nSPS) is 15.1. The molecule has 1 aliphatic heterocycles. The van der Waals surface area contributed by atoms with Crippen LogP contribution in [0.15, 0.2) is 53.4 Å². The molecule has 2 aromatic carbocycles. The van der Waals surface area contributed by atoms with Gasteiger partial charge in [-0.3, -0.25) is 4.79 Å². The van der Waals surface area contributed by atoms with Crippen molar-refractivity contribution in [1.82, 2.24) is 9.88 Å². The van der Waals surface area contributed by atoms with Crippen molar-refractivity contribution in [2.45, 2.75) is 37.2 Å². The number of thioether (sulfide) groups is 1. The Hall–Kier alpha value is -2.05. The number of carbonyl (C=O) groups is 1. The van der Waals surface area contributed by atoms with Gasteiger partial charge >= 0.3 is 0 Å². The SMILES string of the molecule is CCSc1ccc(CC(=O)N2CCC(Oc3nc4ccccc4s3)CC2)cc1. The Morgan fingerprint density at radius 2 is 1.93 bits per heavy atom. The Kier molecular flexibility index (Phi) is 6.17. The second kappa shape index (κ2) is 8.97. The highest BCUT2D eigenvalue weighted by atomic mass is 32.2. The number of amides is 1. The lowest BCUT2D eigenvalue weighted by molar-refractivity contribution is -0.132. The van der Waals surface area contributed by atoms with Crippen LogP contribution in [0.3, 0.4) is 0 Å². The number of benzene rings is 2. The summed E-state index contributed by atoms with van der Waals surface area (Å²) in [5.74, 6) is 1.26. The molecule has 4 rings (SSSR count). The fourth-order valence-electron chi connectivity index (χ4n) is 3.42. The molecule has 1 saturated heterocycles. The van der Waals surface area contributed by atoms with Gasteiger partial charge in [0, 0.05) is 30.8 Å². The molecular weight excluding hydrogens is 388 g/mol. The van der Waals surface area contributed by atoms with Crippen molar-refractivity contribution >= 4 is 39.2 Å². The molecule has 1 amide bonds. The molecule has 0 radical (unpaired) electrons. The molecule has 1 aliphatic rings. The molecule has 0 spiro atoms. The number of para-hydroxylation sites is 1. The average molecular weight is 413 g/mol. The third kappa shape index (κ3) is 4.67. The maximum atomic E-state index is 12.6. The van der Waals surface area contributed by atoms with E-state index in [2.05, 4.69) is 42.2 Å². The maximum Gasteiger partial charge on any atom is 0.274 e. The van der Waals surface area contributed by atoms with Gasteiger partial charge in [0.05, 0.1) is 16.6 Å². The number of rotatable bonds is 6. The Morgan fingerprint density at radius 3 is 2.64 bits per heavy atom. The number of fused-ring (bicyclic) bond motifs is 1. The van der Waals surface area contributed by atoms with E-state index in [1.807, 2.05) is 34.9 Å². The highest BCUT2D eigenvalue weighted by Crippen LogP contribution is 2.29. The third-order valence-electron chi connectivity index (χ3n) is 4.93. The van der Waals surface area contributed by atoms with Crippen LogP contribution in [-0.4, -0.2) is 40.7 Å². The van der Waals surface area contributed by atoms with Gasteiger partial charge in [0.1, 0.15) is 6.10 Å². The van der Waals surface area contributed by atoms with Crippen molar-refractivity contribution in [3.63, 3.8) is 0 Å². The van der Waals surface area contributed by atoms with E-state index in [1.165, 1.54) is 4.90 Å². The number of nitrogens with zero attached hydrogens (tertiary/aromatic N) is 2. The van der Waals surface area contributed by atoms with Crippen LogP contribution >= 0.6 is 23.1 Å². The Labute approximate surface area is 173 Å². The van der Waals surface area contributed by atoms with Gasteiger partial charge in [0.2, 0.25) is 5.91 Å². The van der Waals surface area contributed by atoms with E-state index in [-0.39, 0.29) is 12.0 Å². The van der Waals surface area contributed by atoms with Crippen LogP contribution in [0.1, 0.15) is 25.3 Å². The van der Waals surface area contributed by atoms with Gasteiger partial charge in [-0.25, -0.2) is 4.98 Å². The molecule has 0 N–H and O–H groups in total. The summed E-state index contributed by atoms with van der Waals surface area (Å²) in [5.41, 5.74) is 2.07. The summed E-state index contributed by atoms with van der Waals surface area (Å²) in [7, 11) is 0. The lowest BCUT2D eigenvalue weighted by Crippen LogP contribution is -2.42. The van der Waals surface area contributed by atoms with E-state index in [1.54, 1.807) is 11.3 Å². The molecule has 1 aromatic heterocycles. The summed E-state index contributed by atoms with van der Waals surface area (Å²) in [6.45, 7) is 3.64. The van der Waals surface area contributed by atoms with Crippen molar-refractivity contribution in [3.05, 3.63) is 54.1 Å². The second-order valence-electron chi connectivity index (χ2n) is 6.90. The predicted molar refractivity (Wildman–Crippen MR) is 116 cm³/mol. The quantitative estimate of drug-likeness (QED) is 0.533. The largest absolute Gasteiger partial charge is 0.467 e. The minimum Gasteiger partial charge on any atom is -0.467 e. The molecule has 6 heteroatoms. The molecule has 28 heavy (non-hydrogen) atoms. The average Bonchev–Trinajstić information content (AvgIpc) is 3.12. The van der Waals surface area contributed by atoms with E-state index < -0.39 is 0 Å². The molecule has 2 heterocycles. The van der Waals surface area contributed by atoms with Gasteiger partial charge in [-0.2, -0.15) is 0 Å². The van der Waals surface area contributed by atoms with Crippen LogP contribution in [0.25, 0.3) is 10.2 Å². The zero-order chi connectivity index (χ0) is 19.3. The maximum absolute atomic E-state index is 12.6. The van der Waals surface area contributed by atoms with Crippen LogP contribution < -0.4 is 4.74 Å². The first-order valence-corrected chi connectivity index (χ1v) is 11.5. The molecule has 146 valence electrons. The van der Waals surface area contributed by atoms with Crippen LogP contribution in [0.4, 0.5) is 0 Å². The van der Waals surface area contributed by atoms with Crippen LogP contribution in [0.5, 0.6) is 5.19 Å². The van der Waals surface area contributed by atoms with E-state index in [9.17, 15) is 4.79 Å². The van der Waals surface area contributed by atoms with Gasteiger partial charge in [0.25, 0.3) is 5.19 Å². The standard InChI is InChI=1S/C22H24N2O2S2/c1-2-27-18-9-7-16(8-10-18)15-21(25)24-13-11-17(12-14-24)26-22-23-19-5-3-4-6-20(19)28-22/h3-10,17H,2,11-15H2,1H3. The monoisotopic (exact) mass is 412 g/mol. The number of hydrogen-bond donors (Lipinski definition) is 0. The van der Waals surface area contributed by atoms with Gasteiger partial charge in [-0.05, 0) is 35.6 Å². The van der Waals surface area contributed by atoms with Crippen molar-refractivity contribution < 1.29 is 9.53 Å². The van der Waals surface area contributed by atoms with Crippen LogP contribution in [0.2, 0.25) is 0 Å². The fraction of sp³-hybridized carbons (Fsp3) is 0.364. The summed E-state index contributed by atoms with van der Waals surface area (Å²) >= 11 is 3.41. The Balaban J connectivity index is 1.27. The highest BCUT2D eigenvalue weighted by Gasteiger charge is 2.24. The summed E-state index contributed by atoms with van der Waals surface area (Å²) < 4.78 is 7.24. The van der Waals surface area contributed by atoms with E-state index in [0.717, 1.165) is 52.7 Å². The minimum absolute atomic E-state index is 0.134. The summed E-state index contributed by atoms with van der Waals surface area (Å²) in [5, 5.41) is 0.732. The van der Waals surface area contributed by atoms with Crippen molar-refractivity contribution in [2.24, 2.45) is 0 Å². The highest BCUT2D eigenvalue weighted by molar-refractivity contribution is 7.99. The summed E-state index contributed by atoms with van der Waals surface area (Å²) in [6.07, 6.45) is 2.32. The first-order valence-electron chi connectivity index (χ1n) is 9.73. The first-order chi connectivity index (χ1) is 13.7. The number of ether oxygens (including phenoxy) is 1. The molecule has 1 fully saturated rings. The van der Waals surface area contributed by atoms with E-state index in [0.29, 0.717) is 6.42 Å². The minimum atomic E-state index is 0.134. The molecular formula is C22H24N2O2S2. The van der Waals surface area contributed by atoms with Gasteiger partial charge in [-0.1, -0.05) is 42.5 Å². The summed E-state index contributed by atoms with van der Waals surface area (Å²) in [4.78, 5) is 20.4. The molecule has 4 nitrogen and oxygen atoms in total. The number of thiazole rings is 1. The topological polar surface area (TPSA) is 42.4 Å². The van der Waals surface area contributed by atoms with Gasteiger partial charge in [-0.15, -0.1) is 11.8 Å². The number of aromatic nitrogens is 1. The molecule has 0 aliphatic carbocycles. The molecule has 0 saturated carbocycles. The lowest BCUT2D eigenvalue weighted by atomic mass is 10.1. The van der Waals surface area contributed by atoms with Gasteiger partial charge < -0.3 is 9.64 Å². The smallest absolute Gasteiger partial charge is 0.274 e. The van der Waals surface area contributed by atoms with Crippen molar-refractivity contribution in [3.8, 4) is 5.19 Å². The van der Waals surface area contributed by atoms with E-state index >= 15 is 0 Å². The zero-order valence-electron chi connectivity index (χ0n) is 16.0. The van der Waals surface area contributed by atoms with Crippen molar-refractivity contribution in [2.75, 3.05) is 18.8 Å². The van der Waals surface area contributed by atoms with E-state index in [4.69, 9.17) is 4.74 Å². The Bertz CT molecular complexity index is 898. The molecule has 0 unspecified atom stereocenters. The second-order valence-corrected chi connectivity index (χ2v) is 9.23. The number of likely N-dealkylation sites (tertiary alicyclic amines) is 1. The number of piperidine rings is 1. The number of carbonyl (C=O) groups excluding carboxylic acids is 1. The van der Waals surface area contributed by atoms with Crippen molar-refractivity contribution in [1.29, 1.82) is 0 Å². The fourth-order valence-corrected chi connectivity index (χ4v) is 4.97. The first kappa shape index (κ1) is 19.3. The third-order valence-corrected chi connectivity index (χ3v) is 6.75. The molecule has 0 atom stereocenters. The van der Waals surface area contributed by atoms with Crippen LogP contribution in [-0.2, 0) is 11.2 Å². The number of hydrogen-bond acceptors (Lipinski definition) is 5. The summed E-state index contributed by atoms with van der Waals surface area (Å²) in [6, 6.07) is 16.4. The Morgan fingerprint density at radius 1 is 1.18 bits per heavy atom. The van der Waals surface area contributed by atoms with Crippen LogP contribution in [0, 0.1) is 0 Å². The predicted octanol–water partition coefficient (Wildman–Crippen LogP) is 5.02. The molecule has 3 aromatic rings. The molecule has 0 bridgehead atoms.